The van der Waals surface area contributed by atoms with Crippen molar-refractivity contribution in [3.63, 3.8) is 0 Å². The van der Waals surface area contributed by atoms with Crippen LogP contribution in [-0.4, -0.2) is 24.7 Å². The highest BCUT2D eigenvalue weighted by Gasteiger charge is 2.27. The van der Waals surface area contributed by atoms with Gasteiger partial charge in [-0.3, -0.25) is 4.79 Å². The third-order valence-electron chi connectivity index (χ3n) is 4.45. The molecule has 0 saturated heterocycles. The van der Waals surface area contributed by atoms with Crippen LogP contribution in [0.1, 0.15) is 30.4 Å². The zero-order chi connectivity index (χ0) is 16.4. The van der Waals surface area contributed by atoms with E-state index in [1.165, 1.54) is 5.56 Å². The fraction of sp³-hybridized carbons (Fsp3) is 0.316. The third kappa shape index (κ3) is 3.02. The van der Waals surface area contributed by atoms with Gasteiger partial charge in [-0.25, -0.2) is 0 Å². The van der Waals surface area contributed by atoms with Gasteiger partial charge in [0, 0.05) is 30.1 Å². The molecule has 1 unspecified atom stereocenters. The normalized spacial score (nSPS) is 16.3. The van der Waals surface area contributed by atoms with Gasteiger partial charge in [0.15, 0.2) is 0 Å². The summed E-state index contributed by atoms with van der Waals surface area (Å²) in [6.07, 6.45) is 1.54. The third-order valence-corrected chi connectivity index (χ3v) is 4.45. The molecule has 4 nitrogen and oxygen atoms in total. The minimum atomic E-state index is -0.786. The van der Waals surface area contributed by atoms with Gasteiger partial charge in [0.2, 0.25) is 0 Å². The second-order valence-electron chi connectivity index (χ2n) is 5.83. The first-order valence-electron chi connectivity index (χ1n) is 7.92. The average Bonchev–Trinajstić information content (AvgIpc) is 2.60. The van der Waals surface area contributed by atoms with E-state index in [2.05, 4.69) is 36.1 Å². The van der Waals surface area contributed by atoms with Crippen molar-refractivity contribution in [2.24, 2.45) is 0 Å². The molecule has 23 heavy (non-hydrogen) atoms. The molecule has 1 atom stereocenters. The zero-order valence-electron chi connectivity index (χ0n) is 13.5. The van der Waals surface area contributed by atoms with Crippen LogP contribution >= 0.6 is 0 Å². The summed E-state index contributed by atoms with van der Waals surface area (Å²) < 4.78 is 5.68. The maximum atomic E-state index is 11.4. The summed E-state index contributed by atoms with van der Waals surface area (Å²) >= 11 is 0. The van der Waals surface area contributed by atoms with Gasteiger partial charge in [0.25, 0.3) is 0 Å². The number of hydrogen-bond donors (Lipinski definition) is 1. The van der Waals surface area contributed by atoms with Crippen LogP contribution in [0.2, 0.25) is 0 Å². The Morgan fingerprint density at radius 2 is 1.91 bits per heavy atom. The Morgan fingerprint density at radius 1 is 1.22 bits per heavy atom. The first-order valence-corrected chi connectivity index (χ1v) is 7.92. The van der Waals surface area contributed by atoms with Crippen LogP contribution in [0.25, 0.3) is 0 Å². The largest absolute Gasteiger partial charge is 0.493 e. The lowest BCUT2D eigenvalue weighted by Crippen LogP contribution is -2.21. The Kier molecular flexibility index (Phi) is 4.24. The lowest BCUT2D eigenvalue weighted by molar-refractivity contribution is -0.139. The maximum absolute atomic E-state index is 11.4. The lowest BCUT2D eigenvalue weighted by Gasteiger charge is -2.26. The maximum Gasteiger partial charge on any atom is 0.311 e. The van der Waals surface area contributed by atoms with Crippen molar-refractivity contribution in [1.82, 2.24) is 0 Å². The van der Waals surface area contributed by atoms with E-state index in [1.807, 2.05) is 25.2 Å². The van der Waals surface area contributed by atoms with Crippen molar-refractivity contribution in [2.45, 2.75) is 25.7 Å². The number of carbonyl (C=O) groups is 1. The Bertz CT molecular complexity index is 709. The van der Waals surface area contributed by atoms with Crippen molar-refractivity contribution >= 4 is 17.3 Å². The molecule has 0 amide bonds. The monoisotopic (exact) mass is 311 g/mol. The molecule has 0 aliphatic carbocycles. The summed E-state index contributed by atoms with van der Waals surface area (Å²) in [7, 11) is 2.00. The molecule has 2 aromatic carbocycles. The highest BCUT2D eigenvalue weighted by Crippen LogP contribution is 2.37. The molecule has 1 aliphatic rings. The minimum Gasteiger partial charge on any atom is -0.493 e. The summed E-state index contributed by atoms with van der Waals surface area (Å²) in [6, 6.07) is 14.2. The van der Waals surface area contributed by atoms with Crippen molar-refractivity contribution in [1.29, 1.82) is 0 Å². The number of anilines is 2. The predicted molar refractivity (Wildman–Crippen MR) is 90.8 cm³/mol. The molecule has 0 saturated carbocycles. The van der Waals surface area contributed by atoms with E-state index in [0.29, 0.717) is 18.8 Å². The molecule has 1 N–H and O–H groups in total. The van der Waals surface area contributed by atoms with E-state index in [-0.39, 0.29) is 0 Å². The lowest BCUT2D eigenvalue weighted by atomic mass is 9.93. The summed E-state index contributed by atoms with van der Waals surface area (Å²) in [5, 5.41) is 9.32. The average molecular weight is 311 g/mol. The number of carboxylic acids is 1. The van der Waals surface area contributed by atoms with E-state index in [1.54, 1.807) is 0 Å². The van der Waals surface area contributed by atoms with Gasteiger partial charge in [0.05, 0.1) is 12.5 Å². The molecule has 0 spiro atoms. The molecule has 0 radical (unpaired) electrons. The summed E-state index contributed by atoms with van der Waals surface area (Å²) in [5.74, 6) is -0.578. The van der Waals surface area contributed by atoms with Crippen LogP contribution in [-0.2, 0) is 11.2 Å². The first kappa shape index (κ1) is 15.4. The van der Waals surface area contributed by atoms with Crippen molar-refractivity contribution in [3.05, 3.63) is 53.6 Å². The summed E-state index contributed by atoms with van der Waals surface area (Å²) in [6.45, 7) is 2.58. The Morgan fingerprint density at radius 3 is 2.57 bits per heavy atom. The molecule has 4 heteroatoms. The quantitative estimate of drug-likeness (QED) is 0.928. The first-order chi connectivity index (χ1) is 11.1. The number of benzene rings is 2. The van der Waals surface area contributed by atoms with Gasteiger partial charge in [-0.15, -0.1) is 0 Å². The predicted octanol–water partition coefficient (Wildman–Crippen LogP) is 3.97. The molecule has 1 heterocycles. The van der Waals surface area contributed by atoms with Crippen LogP contribution < -0.4 is 9.64 Å². The summed E-state index contributed by atoms with van der Waals surface area (Å²) in [5.41, 5.74) is 4.15. The van der Waals surface area contributed by atoms with Crippen LogP contribution in [0.15, 0.2) is 42.5 Å². The van der Waals surface area contributed by atoms with Crippen LogP contribution in [0.5, 0.6) is 5.75 Å². The number of nitrogens with zero attached hydrogens (tertiary/aromatic N) is 1. The second-order valence-corrected chi connectivity index (χ2v) is 5.83. The van der Waals surface area contributed by atoms with Crippen LogP contribution in [0.4, 0.5) is 11.4 Å². The van der Waals surface area contributed by atoms with Gasteiger partial charge < -0.3 is 14.7 Å². The van der Waals surface area contributed by atoms with E-state index in [9.17, 15) is 9.90 Å². The fourth-order valence-corrected chi connectivity index (χ4v) is 2.95. The van der Waals surface area contributed by atoms with Crippen LogP contribution in [0.3, 0.4) is 0 Å². The molecular weight excluding hydrogens is 290 g/mol. The van der Waals surface area contributed by atoms with Crippen molar-refractivity contribution in [3.8, 4) is 5.75 Å². The van der Waals surface area contributed by atoms with Crippen molar-refractivity contribution < 1.29 is 14.6 Å². The van der Waals surface area contributed by atoms with E-state index in [0.717, 1.165) is 23.4 Å². The standard InChI is InChI=1S/C19H21NO3/c1-3-13-4-6-14(7-5-13)20(2)15-8-9-16-17(19(21)22)10-11-23-18(16)12-15/h4-9,12,17H,3,10-11H2,1-2H3,(H,21,22). The summed E-state index contributed by atoms with van der Waals surface area (Å²) in [4.78, 5) is 13.4. The molecule has 0 bridgehead atoms. The number of aryl methyl sites for hydroxylation is 1. The molecule has 3 rings (SSSR count). The fourth-order valence-electron chi connectivity index (χ4n) is 2.95. The van der Waals surface area contributed by atoms with Gasteiger partial charge >= 0.3 is 5.97 Å². The molecule has 120 valence electrons. The van der Waals surface area contributed by atoms with Gasteiger partial charge in [-0.2, -0.15) is 0 Å². The Hall–Kier alpha value is -2.49. The Balaban J connectivity index is 1.90. The number of aliphatic carboxylic acids is 1. The number of ether oxygens (including phenoxy) is 1. The number of carboxylic acid groups (broad SMARTS) is 1. The number of fused-ring (bicyclic) bond motifs is 1. The highest BCUT2D eigenvalue weighted by atomic mass is 16.5. The van der Waals surface area contributed by atoms with E-state index in [4.69, 9.17) is 4.74 Å². The van der Waals surface area contributed by atoms with Gasteiger partial charge in [-0.05, 0) is 36.6 Å². The van der Waals surface area contributed by atoms with E-state index < -0.39 is 11.9 Å². The number of hydrogen-bond acceptors (Lipinski definition) is 3. The molecule has 0 aromatic heterocycles. The topological polar surface area (TPSA) is 49.8 Å². The van der Waals surface area contributed by atoms with Gasteiger partial charge in [-0.1, -0.05) is 25.1 Å². The van der Waals surface area contributed by atoms with Crippen LogP contribution in [0, 0.1) is 0 Å². The second kappa shape index (κ2) is 6.32. The molecule has 2 aromatic rings. The highest BCUT2D eigenvalue weighted by molar-refractivity contribution is 5.78. The smallest absolute Gasteiger partial charge is 0.311 e. The zero-order valence-corrected chi connectivity index (χ0v) is 13.5. The number of rotatable bonds is 4. The molecule has 1 aliphatic heterocycles. The minimum absolute atomic E-state index is 0.447. The van der Waals surface area contributed by atoms with Gasteiger partial charge in [0.1, 0.15) is 5.75 Å². The van der Waals surface area contributed by atoms with Crippen molar-refractivity contribution in [2.75, 3.05) is 18.6 Å². The SMILES string of the molecule is CCc1ccc(N(C)c2ccc3c(c2)OCCC3C(=O)O)cc1. The van der Waals surface area contributed by atoms with E-state index >= 15 is 0 Å². The molecule has 0 fully saturated rings. The Labute approximate surface area is 136 Å². The molecular formula is C19H21NO3.